The Bertz CT molecular complexity index is 460. The molecule has 5 nitrogen and oxygen atoms in total. The van der Waals surface area contributed by atoms with Gasteiger partial charge in [-0.3, -0.25) is 4.90 Å². The van der Waals surface area contributed by atoms with Crippen molar-refractivity contribution in [2.24, 2.45) is 0 Å². The monoisotopic (exact) mass is 347 g/mol. The first-order valence-electron chi connectivity index (χ1n) is 7.22. The molecule has 2 rings (SSSR count). The van der Waals surface area contributed by atoms with E-state index in [0.717, 1.165) is 18.7 Å². The number of nitrogens with zero attached hydrogens (tertiary/aromatic N) is 2. The Morgan fingerprint density at radius 3 is 2.41 bits per heavy atom. The van der Waals surface area contributed by atoms with E-state index in [1.54, 1.807) is 6.92 Å². The van der Waals surface area contributed by atoms with Crippen LogP contribution < -0.4 is 5.32 Å². The number of β-amino-alcohol motifs (C(OH)–C–C–N with tert-alkyl or cyclic N) is 1. The number of piperazine rings is 1. The molecule has 22 heavy (non-hydrogen) atoms. The second-order valence-electron chi connectivity index (χ2n) is 5.42. The molecule has 1 aromatic carbocycles. The number of urea groups is 1. The van der Waals surface area contributed by atoms with Crippen LogP contribution in [0, 0.1) is 0 Å². The normalized spacial score (nSPS) is 16.8. The van der Waals surface area contributed by atoms with Crippen molar-refractivity contribution in [3.63, 3.8) is 0 Å². The largest absolute Gasteiger partial charge is 0.392 e. The molecule has 2 amide bonds. The van der Waals surface area contributed by atoms with Gasteiger partial charge in [-0.05, 0) is 24.6 Å². The van der Waals surface area contributed by atoms with Crippen LogP contribution in [-0.4, -0.2) is 59.8 Å². The Hall–Kier alpha value is -1.01. The molecule has 1 saturated heterocycles. The van der Waals surface area contributed by atoms with E-state index in [0.29, 0.717) is 31.2 Å². The summed E-state index contributed by atoms with van der Waals surface area (Å²) < 4.78 is 0. The van der Waals surface area contributed by atoms with Gasteiger partial charge in [-0.1, -0.05) is 23.7 Å². The number of hydrogen-bond acceptors (Lipinski definition) is 3. The lowest BCUT2D eigenvalue weighted by atomic mass is 10.2. The number of carbonyl (C=O) groups excluding carboxylic acids is 1. The molecule has 1 aromatic rings. The Kier molecular flexibility index (Phi) is 7.96. The molecule has 1 heterocycles. The van der Waals surface area contributed by atoms with Gasteiger partial charge in [0.15, 0.2) is 0 Å². The third kappa shape index (κ3) is 6.01. The molecule has 1 aliphatic rings. The van der Waals surface area contributed by atoms with E-state index in [1.807, 2.05) is 29.2 Å². The van der Waals surface area contributed by atoms with E-state index in [9.17, 15) is 9.90 Å². The van der Waals surface area contributed by atoms with E-state index in [4.69, 9.17) is 11.6 Å². The molecule has 124 valence electrons. The zero-order valence-electron chi connectivity index (χ0n) is 12.7. The van der Waals surface area contributed by atoms with Crippen molar-refractivity contribution in [1.82, 2.24) is 15.1 Å². The summed E-state index contributed by atoms with van der Waals surface area (Å²) in [7, 11) is 0. The van der Waals surface area contributed by atoms with Crippen LogP contribution in [0.25, 0.3) is 0 Å². The van der Waals surface area contributed by atoms with Gasteiger partial charge < -0.3 is 15.3 Å². The number of carbonyl (C=O) groups is 1. The quantitative estimate of drug-likeness (QED) is 0.875. The lowest BCUT2D eigenvalue weighted by Gasteiger charge is -2.35. The maximum absolute atomic E-state index is 12.1. The van der Waals surface area contributed by atoms with Gasteiger partial charge in [0, 0.05) is 44.3 Å². The van der Waals surface area contributed by atoms with Crippen molar-refractivity contribution in [3.05, 3.63) is 34.9 Å². The number of aliphatic hydroxyl groups is 1. The van der Waals surface area contributed by atoms with E-state index in [2.05, 4.69) is 10.2 Å². The third-order valence-electron chi connectivity index (χ3n) is 3.54. The lowest BCUT2D eigenvalue weighted by molar-refractivity contribution is 0.0897. The Morgan fingerprint density at radius 2 is 1.86 bits per heavy atom. The summed E-state index contributed by atoms with van der Waals surface area (Å²) in [6.07, 6.45) is -0.324. The highest BCUT2D eigenvalue weighted by Gasteiger charge is 2.21. The molecule has 0 saturated carbocycles. The summed E-state index contributed by atoms with van der Waals surface area (Å²) in [4.78, 5) is 16.1. The summed E-state index contributed by atoms with van der Waals surface area (Å²) in [6, 6.07) is 7.41. The van der Waals surface area contributed by atoms with Gasteiger partial charge in [0.1, 0.15) is 0 Å². The summed E-state index contributed by atoms with van der Waals surface area (Å²) in [5.74, 6) is 0. The highest BCUT2D eigenvalue weighted by atomic mass is 35.5. The van der Waals surface area contributed by atoms with Crippen LogP contribution in [0.4, 0.5) is 4.79 Å². The minimum Gasteiger partial charge on any atom is -0.392 e. The number of benzene rings is 1. The molecule has 0 spiro atoms. The average Bonchev–Trinajstić information content (AvgIpc) is 2.46. The highest BCUT2D eigenvalue weighted by Crippen LogP contribution is 2.09. The van der Waals surface area contributed by atoms with Crippen molar-refractivity contribution in [2.75, 3.05) is 32.7 Å². The molecule has 1 fully saturated rings. The van der Waals surface area contributed by atoms with Crippen molar-refractivity contribution in [3.8, 4) is 0 Å². The summed E-state index contributed by atoms with van der Waals surface area (Å²) in [6.45, 7) is 5.95. The molecule has 1 unspecified atom stereocenters. The molecule has 2 N–H and O–H groups in total. The van der Waals surface area contributed by atoms with Crippen molar-refractivity contribution in [2.45, 2.75) is 19.6 Å². The van der Waals surface area contributed by atoms with Crippen LogP contribution in [0.3, 0.4) is 0 Å². The van der Waals surface area contributed by atoms with Crippen molar-refractivity contribution < 1.29 is 9.90 Å². The fourth-order valence-corrected chi connectivity index (χ4v) is 2.52. The minimum atomic E-state index is -0.324. The van der Waals surface area contributed by atoms with Crippen LogP contribution in [-0.2, 0) is 6.54 Å². The van der Waals surface area contributed by atoms with Crippen LogP contribution in [0.1, 0.15) is 12.5 Å². The van der Waals surface area contributed by atoms with Gasteiger partial charge in [-0.25, -0.2) is 4.79 Å². The molecule has 7 heteroatoms. The predicted molar refractivity (Wildman–Crippen MR) is 90.6 cm³/mol. The Balaban J connectivity index is 0.00000242. The first-order chi connectivity index (χ1) is 10.0. The summed E-state index contributed by atoms with van der Waals surface area (Å²) >= 11 is 5.83. The second-order valence-corrected chi connectivity index (χ2v) is 5.86. The fourth-order valence-electron chi connectivity index (χ4n) is 2.40. The topological polar surface area (TPSA) is 55.8 Å². The van der Waals surface area contributed by atoms with Gasteiger partial charge in [-0.2, -0.15) is 0 Å². The summed E-state index contributed by atoms with van der Waals surface area (Å²) in [5.41, 5.74) is 1.03. The first kappa shape index (κ1) is 19.0. The molecule has 1 aliphatic heterocycles. The molecule has 0 aromatic heterocycles. The highest BCUT2D eigenvalue weighted by molar-refractivity contribution is 6.30. The van der Waals surface area contributed by atoms with Gasteiger partial charge in [-0.15, -0.1) is 12.4 Å². The Morgan fingerprint density at radius 1 is 1.27 bits per heavy atom. The minimum absolute atomic E-state index is 0. The fraction of sp³-hybridized carbons (Fsp3) is 0.533. The van der Waals surface area contributed by atoms with E-state index in [-0.39, 0.29) is 24.5 Å². The maximum Gasteiger partial charge on any atom is 0.317 e. The standard InChI is InChI=1S/C15H22ClN3O2.ClH/c1-12(20)11-18-6-8-19(9-7-18)15(21)17-10-13-2-4-14(16)5-3-13;/h2-5,12,20H,6-11H2,1H3,(H,17,21);1H. The van der Waals surface area contributed by atoms with Gasteiger partial charge in [0.2, 0.25) is 0 Å². The summed E-state index contributed by atoms with van der Waals surface area (Å²) in [5, 5.41) is 13.0. The van der Waals surface area contributed by atoms with Gasteiger partial charge in [0.05, 0.1) is 6.10 Å². The Labute approximate surface area is 142 Å². The number of nitrogens with one attached hydrogen (secondary N) is 1. The number of amides is 2. The van der Waals surface area contributed by atoms with Crippen LogP contribution in [0.5, 0.6) is 0 Å². The molecular formula is C15H23Cl2N3O2. The molecule has 0 radical (unpaired) electrons. The van der Waals surface area contributed by atoms with Crippen molar-refractivity contribution in [1.29, 1.82) is 0 Å². The van der Waals surface area contributed by atoms with Crippen LogP contribution in [0.15, 0.2) is 24.3 Å². The maximum atomic E-state index is 12.1. The number of aliphatic hydroxyl groups excluding tert-OH is 1. The molecule has 0 aliphatic carbocycles. The third-order valence-corrected chi connectivity index (χ3v) is 3.79. The van der Waals surface area contributed by atoms with E-state index >= 15 is 0 Å². The molecular weight excluding hydrogens is 325 g/mol. The number of halogens is 2. The van der Waals surface area contributed by atoms with E-state index < -0.39 is 0 Å². The number of rotatable bonds is 4. The van der Waals surface area contributed by atoms with Crippen LogP contribution >= 0.6 is 24.0 Å². The van der Waals surface area contributed by atoms with Crippen LogP contribution in [0.2, 0.25) is 5.02 Å². The van der Waals surface area contributed by atoms with E-state index in [1.165, 1.54) is 0 Å². The second kappa shape index (κ2) is 9.20. The van der Waals surface area contributed by atoms with Gasteiger partial charge >= 0.3 is 6.03 Å². The first-order valence-corrected chi connectivity index (χ1v) is 7.60. The molecule has 1 atom stereocenters. The van der Waals surface area contributed by atoms with Gasteiger partial charge in [0.25, 0.3) is 0 Å². The smallest absolute Gasteiger partial charge is 0.317 e. The van der Waals surface area contributed by atoms with Crippen molar-refractivity contribution >= 4 is 30.0 Å². The lowest BCUT2D eigenvalue weighted by Crippen LogP contribution is -2.52. The predicted octanol–water partition coefficient (Wildman–Crippen LogP) is 1.97. The number of hydrogen-bond donors (Lipinski definition) is 2. The zero-order valence-corrected chi connectivity index (χ0v) is 14.2. The molecule has 0 bridgehead atoms. The zero-order chi connectivity index (χ0) is 15.2. The SMILES string of the molecule is CC(O)CN1CCN(C(=O)NCc2ccc(Cl)cc2)CC1.Cl. The average molecular weight is 348 g/mol.